The van der Waals surface area contributed by atoms with E-state index in [1.54, 1.807) is 0 Å². The van der Waals surface area contributed by atoms with Gasteiger partial charge in [0.05, 0.1) is 0 Å². The number of benzene rings is 8. The summed E-state index contributed by atoms with van der Waals surface area (Å²) in [5.41, 5.74) is 10.3. The molecular formula is C42H30. The maximum atomic E-state index is 2.39. The van der Waals surface area contributed by atoms with E-state index in [2.05, 4.69) is 159 Å². The van der Waals surface area contributed by atoms with Crippen molar-refractivity contribution in [3.8, 4) is 33.4 Å². The van der Waals surface area contributed by atoms with E-state index in [1.165, 1.54) is 87.6 Å². The summed E-state index contributed by atoms with van der Waals surface area (Å²) in [5, 5.41) is 10.3. The Morgan fingerprint density at radius 2 is 0.952 bits per heavy atom. The maximum absolute atomic E-state index is 2.39. The third-order valence-corrected chi connectivity index (χ3v) is 8.79. The van der Waals surface area contributed by atoms with Crippen molar-refractivity contribution in [3.63, 3.8) is 0 Å². The Kier molecular flexibility index (Phi) is 5.69. The van der Waals surface area contributed by atoms with Crippen LogP contribution in [-0.2, 0) is 0 Å². The van der Waals surface area contributed by atoms with E-state index in [9.17, 15) is 0 Å². The Morgan fingerprint density at radius 1 is 0.333 bits per heavy atom. The quantitative estimate of drug-likeness (QED) is 0.211. The first-order valence-electron chi connectivity index (χ1n) is 14.7. The lowest BCUT2D eigenvalue weighted by molar-refractivity contribution is 1.48. The summed E-state index contributed by atoms with van der Waals surface area (Å²) >= 11 is 0. The first-order chi connectivity index (χ1) is 20.7. The van der Waals surface area contributed by atoms with Crippen LogP contribution in [0, 0.1) is 13.8 Å². The Bertz CT molecular complexity index is 2310. The Labute approximate surface area is 246 Å². The molecule has 0 spiro atoms. The van der Waals surface area contributed by atoms with Crippen LogP contribution in [0.3, 0.4) is 0 Å². The van der Waals surface area contributed by atoms with Gasteiger partial charge in [-0.2, -0.15) is 0 Å². The molecule has 0 atom stereocenters. The molecule has 0 aromatic heterocycles. The molecule has 0 amide bonds. The van der Waals surface area contributed by atoms with Crippen molar-refractivity contribution >= 4 is 43.1 Å². The fourth-order valence-electron chi connectivity index (χ4n) is 6.90. The monoisotopic (exact) mass is 534 g/mol. The van der Waals surface area contributed by atoms with Gasteiger partial charge in [-0.15, -0.1) is 0 Å². The lowest BCUT2D eigenvalue weighted by Crippen LogP contribution is -1.93. The molecule has 42 heavy (non-hydrogen) atoms. The normalized spacial score (nSPS) is 11.6. The molecule has 0 saturated heterocycles. The van der Waals surface area contributed by atoms with E-state index < -0.39 is 0 Å². The van der Waals surface area contributed by atoms with Crippen molar-refractivity contribution in [1.82, 2.24) is 0 Å². The third kappa shape index (κ3) is 3.91. The Hall–Kier alpha value is -5.20. The molecule has 0 saturated carbocycles. The number of fused-ring (bicyclic) bond motifs is 4. The van der Waals surface area contributed by atoms with Crippen LogP contribution >= 0.6 is 0 Å². The largest absolute Gasteiger partial charge is 0.0616 e. The van der Waals surface area contributed by atoms with E-state index in [-0.39, 0.29) is 0 Å². The average molecular weight is 535 g/mol. The van der Waals surface area contributed by atoms with Crippen LogP contribution in [0.2, 0.25) is 0 Å². The van der Waals surface area contributed by atoms with Crippen molar-refractivity contribution in [2.75, 3.05) is 0 Å². The third-order valence-electron chi connectivity index (χ3n) is 8.79. The minimum absolute atomic E-state index is 1.26. The van der Waals surface area contributed by atoms with Gasteiger partial charge in [0, 0.05) is 0 Å². The average Bonchev–Trinajstić information content (AvgIpc) is 3.03. The molecule has 8 rings (SSSR count). The summed E-state index contributed by atoms with van der Waals surface area (Å²) < 4.78 is 0. The van der Waals surface area contributed by atoms with Crippen molar-refractivity contribution in [1.29, 1.82) is 0 Å². The van der Waals surface area contributed by atoms with Gasteiger partial charge >= 0.3 is 0 Å². The maximum Gasteiger partial charge on any atom is -0.00694 e. The number of hydrogen-bond acceptors (Lipinski definition) is 0. The number of rotatable bonds is 3. The predicted octanol–water partition coefficient (Wildman–Crippen LogP) is 11.9. The molecule has 0 nitrogen and oxygen atoms in total. The molecule has 0 unspecified atom stereocenters. The number of aryl methyl sites for hydroxylation is 2. The summed E-state index contributed by atoms with van der Waals surface area (Å²) in [5.74, 6) is 0. The zero-order valence-corrected chi connectivity index (χ0v) is 23.9. The van der Waals surface area contributed by atoms with Gasteiger partial charge in [-0.05, 0) is 108 Å². The van der Waals surface area contributed by atoms with Gasteiger partial charge in [0.15, 0.2) is 0 Å². The molecular weight excluding hydrogens is 504 g/mol. The van der Waals surface area contributed by atoms with Gasteiger partial charge in [-0.3, -0.25) is 0 Å². The van der Waals surface area contributed by atoms with Crippen molar-refractivity contribution in [3.05, 3.63) is 157 Å². The van der Waals surface area contributed by atoms with E-state index in [0.717, 1.165) is 0 Å². The molecule has 8 aromatic rings. The standard InChI is InChI=1S/C42H30/c1-27-23-40(34-18-9-14-30-12-5-6-15-33(30)34)36-19-10-20-38(41(36)24-27)42-28(2)25-39(35-16-7-8-17-37(35)42)32-22-21-29-11-3-4-13-31(29)26-32/h3-26H,1-2H3. The molecule has 0 radical (unpaired) electrons. The highest BCUT2D eigenvalue weighted by molar-refractivity contribution is 6.14. The van der Waals surface area contributed by atoms with Crippen LogP contribution in [0.4, 0.5) is 0 Å². The molecule has 8 aromatic carbocycles. The van der Waals surface area contributed by atoms with E-state index in [4.69, 9.17) is 0 Å². The van der Waals surface area contributed by atoms with Crippen LogP contribution in [0.15, 0.2) is 146 Å². The van der Waals surface area contributed by atoms with Crippen molar-refractivity contribution in [2.45, 2.75) is 13.8 Å². The van der Waals surface area contributed by atoms with Crippen LogP contribution in [0.25, 0.3) is 76.5 Å². The molecule has 0 bridgehead atoms. The molecule has 0 N–H and O–H groups in total. The van der Waals surface area contributed by atoms with Crippen LogP contribution < -0.4 is 0 Å². The molecule has 0 aliphatic heterocycles. The van der Waals surface area contributed by atoms with Crippen LogP contribution in [0.1, 0.15) is 11.1 Å². The summed E-state index contributed by atoms with van der Waals surface area (Å²) in [6, 6.07) is 53.6. The molecule has 0 aliphatic rings. The van der Waals surface area contributed by atoms with Gasteiger partial charge in [-0.25, -0.2) is 0 Å². The Morgan fingerprint density at radius 3 is 1.81 bits per heavy atom. The van der Waals surface area contributed by atoms with Gasteiger partial charge < -0.3 is 0 Å². The minimum Gasteiger partial charge on any atom is -0.0616 e. The lowest BCUT2D eigenvalue weighted by Gasteiger charge is -2.19. The molecule has 0 heteroatoms. The molecule has 0 fully saturated rings. The fourth-order valence-corrected chi connectivity index (χ4v) is 6.90. The first-order valence-corrected chi connectivity index (χ1v) is 14.7. The van der Waals surface area contributed by atoms with Gasteiger partial charge in [0.25, 0.3) is 0 Å². The zero-order valence-electron chi connectivity index (χ0n) is 23.9. The topological polar surface area (TPSA) is 0 Å². The van der Waals surface area contributed by atoms with Crippen molar-refractivity contribution < 1.29 is 0 Å². The van der Waals surface area contributed by atoms with Gasteiger partial charge in [0.2, 0.25) is 0 Å². The summed E-state index contributed by atoms with van der Waals surface area (Å²) in [6.07, 6.45) is 0. The van der Waals surface area contributed by atoms with Gasteiger partial charge in [0.1, 0.15) is 0 Å². The fraction of sp³-hybridized carbons (Fsp3) is 0.0476. The van der Waals surface area contributed by atoms with Crippen LogP contribution in [-0.4, -0.2) is 0 Å². The second-order valence-corrected chi connectivity index (χ2v) is 11.5. The van der Waals surface area contributed by atoms with E-state index in [0.29, 0.717) is 0 Å². The zero-order chi connectivity index (χ0) is 28.2. The number of hydrogen-bond donors (Lipinski definition) is 0. The van der Waals surface area contributed by atoms with Crippen LogP contribution in [0.5, 0.6) is 0 Å². The van der Waals surface area contributed by atoms with E-state index >= 15 is 0 Å². The summed E-state index contributed by atoms with van der Waals surface area (Å²) in [6.45, 7) is 4.49. The highest BCUT2D eigenvalue weighted by Gasteiger charge is 2.17. The lowest BCUT2D eigenvalue weighted by atomic mass is 9.85. The highest BCUT2D eigenvalue weighted by atomic mass is 14.2. The highest BCUT2D eigenvalue weighted by Crippen LogP contribution is 2.43. The SMILES string of the molecule is Cc1cc(-c2cccc3ccccc23)c2cccc(-c3c(C)cc(-c4ccc5ccccc5c4)c4ccccc34)c2c1. The first kappa shape index (κ1) is 24.6. The second-order valence-electron chi connectivity index (χ2n) is 11.5. The Balaban J connectivity index is 1.40. The molecule has 0 aliphatic carbocycles. The summed E-state index contributed by atoms with van der Waals surface area (Å²) in [4.78, 5) is 0. The second kappa shape index (κ2) is 9.72. The van der Waals surface area contributed by atoms with Crippen molar-refractivity contribution in [2.24, 2.45) is 0 Å². The smallest absolute Gasteiger partial charge is 0.00694 e. The molecule has 198 valence electrons. The van der Waals surface area contributed by atoms with Gasteiger partial charge in [-0.1, -0.05) is 140 Å². The predicted molar refractivity (Wildman–Crippen MR) is 182 cm³/mol. The minimum atomic E-state index is 1.26. The van der Waals surface area contributed by atoms with E-state index in [1.807, 2.05) is 0 Å². The molecule has 0 heterocycles. The summed E-state index contributed by atoms with van der Waals surface area (Å²) in [7, 11) is 0.